The fourth-order valence-electron chi connectivity index (χ4n) is 0.265. The molecule has 0 aliphatic heterocycles. The van der Waals surface area contributed by atoms with E-state index in [-0.39, 0.29) is 0 Å². The summed E-state index contributed by atoms with van der Waals surface area (Å²) in [5, 5.41) is 4.88. The van der Waals surface area contributed by atoms with Gasteiger partial charge in [0, 0.05) is 5.38 Å². The summed E-state index contributed by atoms with van der Waals surface area (Å²) in [7, 11) is 0. The first kappa shape index (κ1) is 3.88. The average molecular weight is 96.2 g/mol. The van der Waals surface area contributed by atoms with Gasteiger partial charge in [-0.05, 0) is 23.9 Å². The Hall–Kier alpha value is -0.300. The summed E-state index contributed by atoms with van der Waals surface area (Å²) >= 11 is 1.56. The molecule has 30 valence electrons. The Morgan fingerprint density at radius 2 is 2.67 bits per heavy atom. The van der Waals surface area contributed by atoms with Crippen LogP contribution in [0.3, 0.4) is 0 Å². The Balaban J connectivity index is 3.05. The van der Waals surface area contributed by atoms with Crippen LogP contribution in [0.2, 0.25) is 0 Å². The normalized spacial score (nSPS) is 8.83. The minimum absolute atomic E-state index is 1.11. The number of hydrogen-bond acceptors (Lipinski definition) is 1. The van der Waals surface area contributed by atoms with Gasteiger partial charge in [-0.25, -0.2) is 0 Å². The van der Waals surface area contributed by atoms with Crippen molar-refractivity contribution < 1.29 is 0 Å². The molecule has 0 spiro atoms. The molecule has 0 saturated heterocycles. The van der Waals surface area contributed by atoms with Crippen LogP contribution < -0.4 is 0 Å². The van der Waals surface area contributed by atoms with E-state index in [1.54, 1.807) is 11.3 Å². The fraction of sp³-hybridized carbons (Fsp3) is 0.200. The topological polar surface area (TPSA) is 0 Å². The molecule has 0 saturated carbocycles. The van der Waals surface area contributed by atoms with E-state index in [0.717, 1.165) is 5.56 Å². The summed E-state index contributed by atoms with van der Waals surface area (Å²) in [5.74, 6) is 0. The van der Waals surface area contributed by atoms with E-state index in [9.17, 15) is 0 Å². The van der Waals surface area contributed by atoms with Gasteiger partial charge in [-0.1, -0.05) is 0 Å². The molecule has 0 atom stereocenters. The molecule has 0 aliphatic rings. The van der Waals surface area contributed by atoms with Crippen molar-refractivity contribution >= 4 is 11.3 Å². The Bertz CT molecular complexity index is 107. The van der Waals surface area contributed by atoms with Crippen LogP contribution in [0.25, 0.3) is 0 Å². The van der Waals surface area contributed by atoms with Gasteiger partial charge in [0.2, 0.25) is 0 Å². The van der Waals surface area contributed by atoms with E-state index >= 15 is 0 Å². The minimum atomic E-state index is 1.11. The zero-order chi connectivity index (χ0) is 4.41. The van der Waals surface area contributed by atoms with Crippen LogP contribution in [0.4, 0.5) is 0 Å². The number of rotatable bonds is 0. The summed E-state index contributed by atoms with van der Waals surface area (Å²) < 4.78 is 0. The molecule has 2 radical (unpaired) electrons. The maximum atomic E-state index is 2.99. The second-order valence-electron chi connectivity index (χ2n) is 1.11. The lowest BCUT2D eigenvalue weighted by Crippen LogP contribution is -1.50. The Kier molecular flexibility index (Phi) is 0.926. The summed E-state index contributed by atoms with van der Waals surface area (Å²) in [6.07, 6.45) is 0. The van der Waals surface area contributed by atoms with Crippen molar-refractivity contribution in [3.63, 3.8) is 0 Å². The van der Waals surface area contributed by atoms with Gasteiger partial charge in [-0.15, -0.1) is 11.3 Å². The highest BCUT2D eigenvalue weighted by molar-refractivity contribution is 7.07. The average Bonchev–Trinajstić information content (AvgIpc) is 1.86. The monoisotopic (exact) mass is 96.0 g/mol. The molecule has 1 rings (SSSR count). The summed E-state index contributed by atoms with van der Waals surface area (Å²) in [6.45, 7) is 1.98. The van der Waals surface area contributed by atoms with Crippen molar-refractivity contribution in [3.8, 4) is 0 Å². The fourth-order valence-corrected chi connectivity index (χ4v) is 0.795. The van der Waals surface area contributed by atoms with Crippen LogP contribution in [0, 0.1) is 18.4 Å². The van der Waals surface area contributed by atoms with Gasteiger partial charge in [0.1, 0.15) is 0 Å². The third-order valence-electron chi connectivity index (χ3n) is 0.546. The molecule has 0 bridgehead atoms. The minimum Gasteiger partial charge on any atom is -0.142 e. The van der Waals surface area contributed by atoms with Gasteiger partial charge in [-0.3, -0.25) is 0 Å². The van der Waals surface area contributed by atoms with Crippen molar-refractivity contribution in [2.45, 2.75) is 6.92 Å². The van der Waals surface area contributed by atoms with Crippen LogP contribution >= 0.6 is 11.3 Å². The second kappa shape index (κ2) is 1.43. The maximum Gasteiger partial charge on any atom is 0.0481 e. The van der Waals surface area contributed by atoms with E-state index in [1.807, 2.05) is 12.3 Å². The van der Waals surface area contributed by atoms with Gasteiger partial charge in [0.15, 0.2) is 0 Å². The SMILES string of the molecule is Cc1[c]cs[c]1. The first-order chi connectivity index (χ1) is 2.89. The largest absolute Gasteiger partial charge is 0.142 e. The van der Waals surface area contributed by atoms with E-state index in [4.69, 9.17) is 0 Å². The van der Waals surface area contributed by atoms with E-state index < -0.39 is 0 Å². The predicted octanol–water partition coefficient (Wildman–Crippen LogP) is 1.66. The molecular formula is C5H4S. The third-order valence-corrected chi connectivity index (χ3v) is 1.21. The predicted molar refractivity (Wildman–Crippen MR) is 26.7 cm³/mol. The van der Waals surface area contributed by atoms with Gasteiger partial charge < -0.3 is 0 Å². The lowest BCUT2D eigenvalue weighted by atomic mass is 10.4. The molecule has 0 fully saturated rings. The molecule has 0 aromatic carbocycles. The van der Waals surface area contributed by atoms with Gasteiger partial charge in [-0.2, -0.15) is 0 Å². The Morgan fingerprint density at radius 1 is 1.83 bits per heavy atom. The summed E-state index contributed by atoms with van der Waals surface area (Å²) in [6, 6.07) is 2.96. The smallest absolute Gasteiger partial charge is 0.0481 e. The van der Waals surface area contributed by atoms with E-state index in [0.29, 0.717) is 0 Å². The Labute approximate surface area is 41.4 Å². The van der Waals surface area contributed by atoms with Crippen molar-refractivity contribution in [1.29, 1.82) is 0 Å². The summed E-state index contributed by atoms with van der Waals surface area (Å²) in [5.41, 5.74) is 1.11. The molecule has 0 amide bonds. The molecule has 0 nitrogen and oxygen atoms in total. The first-order valence-electron chi connectivity index (χ1n) is 1.73. The molecule has 1 heterocycles. The van der Waals surface area contributed by atoms with Crippen molar-refractivity contribution in [2.75, 3.05) is 0 Å². The molecular weight excluding hydrogens is 92.1 g/mol. The number of aryl methyl sites for hydroxylation is 1. The lowest BCUT2D eigenvalue weighted by Gasteiger charge is -1.63. The highest BCUT2D eigenvalue weighted by Gasteiger charge is 1.77. The second-order valence-corrected chi connectivity index (χ2v) is 1.78. The van der Waals surface area contributed by atoms with Crippen LogP contribution in [0.1, 0.15) is 5.56 Å². The van der Waals surface area contributed by atoms with Crippen LogP contribution in [0.5, 0.6) is 0 Å². The standard InChI is InChI=1S/C5H4S/c1-5-2-3-6-4-5/h3H,1H3. The highest BCUT2D eigenvalue weighted by Crippen LogP contribution is 1.99. The molecule has 0 aliphatic carbocycles. The van der Waals surface area contributed by atoms with Crippen molar-refractivity contribution in [3.05, 3.63) is 22.4 Å². The Morgan fingerprint density at radius 3 is 2.83 bits per heavy atom. The van der Waals surface area contributed by atoms with Crippen LogP contribution in [0.15, 0.2) is 5.38 Å². The molecule has 6 heavy (non-hydrogen) atoms. The molecule has 1 heteroatoms. The lowest BCUT2D eigenvalue weighted by molar-refractivity contribution is 1.54. The zero-order valence-electron chi connectivity index (χ0n) is 3.49. The van der Waals surface area contributed by atoms with Gasteiger partial charge in [0.25, 0.3) is 0 Å². The molecule has 0 N–H and O–H groups in total. The van der Waals surface area contributed by atoms with Crippen molar-refractivity contribution in [2.24, 2.45) is 0 Å². The zero-order valence-corrected chi connectivity index (χ0v) is 4.30. The van der Waals surface area contributed by atoms with Crippen LogP contribution in [-0.4, -0.2) is 0 Å². The quantitative estimate of drug-likeness (QED) is 0.460. The van der Waals surface area contributed by atoms with Crippen LogP contribution in [-0.2, 0) is 0 Å². The van der Waals surface area contributed by atoms with Crippen molar-refractivity contribution in [1.82, 2.24) is 0 Å². The molecule has 1 aromatic heterocycles. The van der Waals surface area contributed by atoms with Gasteiger partial charge >= 0.3 is 0 Å². The third kappa shape index (κ3) is 0.601. The molecule has 0 unspecified atom stereocenters. The maximum absolute atomic E-state index is 2.99. The van der Waals surface area contributed by atoms with E-state index in [1.165, 1.54) is 0 Å². The number of thiophene rings is 1. The van der Waals surface area contributed by atoms with E-state index in [2.05, 4.69) is 11.4 Å². The molecule has 1 aromatic rings. The highest BCUT2D eigenvalue weighted by atomic mass is 32.1. The number of hydrogen-bond donors (Lipinski definition) is 0. The van der Waals surface area contributed by atoms with Gasteiger partial charge in [0.05, 0.1) is 0 Å². The first-order valence-corrected chi connectivity index (χ1v) is 2.61. The summed E-state index contributed by atoms with van der Waals surface area (Å²) in [4.78, 5) is 0.